The van der Waals surface area contributed by atoms with E-state index in [1.807, 2.05) is 19.1 Å². The number of ether oxygens (including phenoxy) is 3. The van der Waals surface area contributed by atoms with Crippen molar-refractivity contribution in [3.8, 4) is 28.0 Å². The average Bonchev–Trinajstić information content (AvgIpc) is 2.96. The summed E-state index contributed by atoms with van der Waals surface area (Å²) < 4.78 is 61.6. The van der Waals surface area contributed by atoms with Crippen molar-refractivity contribution < 1.29 is 27.4 Å². The maximum absolute atomic E-state index is 15.0. The lowest BCUT2D eigenvalue weighted by atomic mass is 9.98. The summed E-state index contributed by atoms with van der Waals surface area (Å²) in [4.78, 5) is 0. The Labute approximate surface area is 229 Å². The molecule has 0 spiro atoms. The molecule has 0 unspecified atom stereocenters. The first-order chi connectivity index (χ1) is 19.0. The van der Waals surface area contributed by atoms with Gasteiger partial charge >= 0.3 is 0 Å². The van der Waals surface area contributed by atoms with Gasteiger partial charge in [0, 0.05) is 17.0 Å². The lowest BCUT2D eigenvalue weighted by Gasteiger charge is -2.29. The van der Waals surface area contributed by atoms with E-state index in [0.717, 1.165) is 44.1 Å². The summed E-state index contributed by atoms with van der Waals surface area (Å²) in [6, 6.07) is 14.9. The predicted octanol–water partition coefficient (Wildman–Crippen LogP) is 9.41. The molecule has 0 radical (unpaired) electrons. The Morgan fingerprint density at radius 3 is 2.26 bits per heavy atom. The fourth-order valence-corrected chi connectivity index (χ4v) is 4.71. The van der Waals surface area contributed by atoms with Crippen LogP contribution >= 0.6 is 0 Å². The number of halogens is 3. The molecule has 0 saturated carbocycles. The van der Waals surface area contributed by atoms with E-state index in [4.69, 9.17) is 14.2 Å². The fourth-order valence-electron chi connectivity index (χ4n) is 4.71. The summed E-state index contributed by atoms with van der Waals surface area (Å²) in [5.41, 5.74) is 2.46. The van der Waals surface area contributed by atoms with Crippen LogP contribution < -0.4 is 4.74 Å². The van der Waals surface area contributed by atoms with Crippen molar-refractivity contribution in [3.63, 3.8) is 0 Å². The van der Waals surface area contributed by atoms with E-state index in [0.29, 0.717) is 42.4 Å². The van der Waals surface area contributed by atoms with E-state index >= 15 is 4.39 Å². The van der Waals surface area contributed by atoms with Crippen LogP contribution in [-0.4, -0.2) is 19.8 Å². The molecule has 3 nitrogen and oxygen atoms in total. The van der Waals surface area contributed by atoms with Crippen molar-refractivity contribution in [2.45, 2.75) is 58.7 Å². The third kappa shape index (κ3) is 7.52. The van der Waals surface area contributed by atoms with Crippen LogP contribution in [0.5, 0.6) is 5.75 Å². The first-order valence-electron chi connectivity index (χ1n) is 13.9. The second kappa shape index (κ2) is 14.3. The number of benzene rings is 3. The van der Waals surface area contributed by atoms with E-state index in [9.17, 15) is 8.78 Å². The van der Waals surface area contributed by atoms with E-state index in [-0.39, 0.29) is 11.3 Å². The maximum Gasteiger partial charge on any atom is 0.201 e. The van der Waals surface area contributed by atoms with Gasteiger partial charge in [0.15, 0.2) is 17.9 Å². The Bertz CT molecular complexity index is 1230. The third-order valence-corrected chi connectivity index (χ3v) is 7.03. The minimum atomic E-state index is -0.985. The SMILES string of the molecule is CC=CCCC1COC(c2ccc(-c3ccc(-c4ccc(OCCCCCC)c(F)c4F)cc3)cc2F)OC1. The van der Waals surface area contributed by atoms with Gasteiger partial charge in [-0.25, -0.2) is 8.78 Å². The molecule has 0 bridgehead atoms. The molecule has 1 heterocycles. The second-order valence-electron chi connectivity index (χ2n) is 9.97. The molecule has 1 aliphatic rings. The lowest BCUT2D eigenvalue weighted by Crippen LogP contribution is -2.27. The standard InChI is InChI=1S/C33H37F3O3/c1-3-5-7-9-19-37-30-18-17-27(31(35)32(30)36)25-13-11-24(12-14-25)26-15-16-28(29(34)20-26)33-38-21-23(22-39-33)10-8-6-4-2/h4,6,11-18,20,23,33H,3,5,7-10,19,21-22H2,1-2H3. The molecule has 0 amide bonds. The summed E-state index contributed by atoms with van der Waals surface area (Å²) in [5, 5.41) is 0. The van der Waals surface area contributed by atoms with Crippen LogP contribution in [-0.2, 0) is 9.47 Å². The van der Waals surface area contributed by atoms with Crippen LogP contribution in [0.2, 0.25) is 0 Å². The summed E-state index contributed by atoms with van der Waals surface area (Å²) in [6.07, 6.45) is 9.36. The molecule has 1 saturated heterocycles. The van der Waals surface area contributed by atoms with Crippen LogP contribution in [0.15, 0.2) is 66.7 Å². The first-order valence-corrected chi connectivity index (χ1v) is 13.9. The Morgan fingerprint density at radius 1 is 0.846 bits per heavy atom. The van der Waals surface area contributed by atoms with Crippen molar-refractivity contribution >= 4 is 0 Å². The zero-order chi connectivity index (χ0) is 27.6. The molecule has 0 N–H and O–H groups in total. The van der Waals surface area contributed by atoms with Gasteiger partial charge in [0.2, 0.25) is 5.82 Å². The number of rotatable bonds is 12. The molecule has 39 heavy (non-hydrogen) atoms. The molecule has 6 heteroatoms. The average molecular weight is 539 g/mol. The highest BCUT2D eigenvalue weighted by Crippen LogP contribution is 2.34. The summed E-state index contributed by atoms with van der Waals surface area (Å²) in [6.45, 7) is 5.54. The normalized spacial score (nSPS) is 17.6. The smallest absolute Gasteiger partial charge is 0.201 e. The monoisotopic (exact) mass is 538 g/mol. The van der Waals surface area contributed by atoms with E-state index in [1.54, 1.807) is 30.3 Å². The fraction of sp³-hybridized carbons (Fsp3) is 0.394. The highest BCUT2D eigenvalue weighted by molar-refractivity contribution is 5.71. The second-order valence-corrected chi connectivity index (χ2v) is 9.97. The molecule has 0 aliphatic carbocycles. The Morgan fingerprint density at radius 2 is 1.56 bits per heavy atom. The van der Waals surface area contributed by atoms with Gasteiger partial charge in [-0.3, -0.25) is 0 Å². The molecular weight excluding hydrogens is 501 g/mol. The van der Waals surface area contributed by atoms with Crippen LogP contribution in [0.4, 0.5) is 13.2 Å². The van der Waals surface area contributed by atoms with Gasteiger partial charge in [-0.15, -0.1) is 0 Å². The Kier molecular flexibility index (Phi) is 10.6. The summed E-state index contributed by atoms with van der Waals surface area (Å²) in [7, 11) is 0. The van der Waals surface area contributed by atoms with Crippen molar-refractivity contribution in [2.75, 3.05) is 19.8 Å². The van der Waals surface area contributed by atoms with Gasteiger partial charge in [-0.05, 0) is 61.1 Å². The zero-order valence-corrected chi connectivity index (χ0v) is 22.7. The van der Waals surface area contributed by atoms with E-state index in [2.05, 4.69) is 13.0 Å². The van der Waals surface area contributed by atoms with Crippen LogP contribution in [0.3, 0.4) is 0 Å². The Balaban J connectivity index is 1.39. The molecule has 0 atom stereocenters. The van der Waals surface area contributed by atoms with Gasteiger partial charge in [0.1, 0.15) is 5.82 Å². The number of hydrogen-bond acceptors (Lipinski definition) is 3. The van der Waals surface area contributed by atoms with Crippen LogP contribution in [0, 0.1) is 23.4 Å². The highest BCUT2D eigenvalue weighted by atomic mass is 19.2. The third-order valence-electron chi connectivity index (χ3n) is 7.03. The number of hydrogen-bond donors (Lipinski definition) is 0. The van der Waals surface area contributed by atoms with Gasteiger partial charge in [-0.2, -0.15) is 4.39 Å². The van der Waals surface area contributed by atoms with Crippen molar-refractivity contribution in [1.29, 1.82) is 0 Å². The molecular formula is C33H37F3O3. The molecule has 1 aliphatic heterocycles. The zero-order valence-electron chi connectivity index (χ0n) is 22.7. The molecule has 4 rings (SSSR count). The topological polar surface area (TPSA) is 27.7 Å². The predicted molar refractivity (Wildman–Crippen MR) is 149 cm³/mol. The maximum atomic E-state index is 15.0. The molecule has 0 aromatic heterocycles. The summed E-state index contributed by atoms with van der Waals surface area (Å²) >= 11 is 0. The van der Waals surface area contributed by atoms with Crippen molar-refractivity contribution in [1.82, 2.24) is 0 Å². The minimum absolute atomic E-state index is 0.0740. The molecule has 1 fully saturated rings. The quantitative estimate of drug-likeness (QED) is 0.170. The van der Waals surface area contributed by atoms with E-state index in [1.165, 1.54) is 18.2 Å². The largest absolute Gasteiger partial charge is 0.490 e. The van der Waals surface area contributed by atoms with Gasteiger partial charge < -0.3 is 14.2 Å². The van der Waals surface area contributed by atoms with Gasteiger partial charge in [0.25, 0.3) is 0 Å². The van der Waals surface area contributed by atoms with Crippen molar-refractivity contribution in [2.24, 2.45) is 5.92 Å². The molecule has 208 valence electrons. The highest BCUT2D eigenvalue weighted by Gasteiger charge is 2.25. The summed E-state index contributed by atoms with van der Waals surface area (Å²) in [5.74, 6) is -2.11. The van der Waals surface area contributed by atoms with Gasteiger partial charge in [0.05, 0.1) is 19.8 Å². The molecule has 3 aromatic rings. The number of allylic oxidation sites excluding steroid dienone is 2. The van der Waals surface area contributed by atoms with Gasteiger partial charge in [-0.1, -0.05) is 74.7 Å². The lowest BCUT2D eigenvalue weighted by molar-refractivity contribution is -0.207. The number of unbranched alkanes of at least 4 members (excludes halogenated alkanes) is 3. The van der Waals surface area contributed by atoms with Crippen LogP contribution in [0.25, 0.3) is 22.3 Å². The minimum Gasteiger partial charge on any atom is -0.490 e. The van der Waals surface area contributed by atoms with E-state index < -0.39 is 23.7 Å². The molecule has 3 aromatic carbocycles. The van der Waals surface area contributed by atoms with Crippen LogP contribution in [0.1, 0.15) is 64.2 Å². The Hall–Kier alpha value is -3.09. The first kappa shape index (κ1) is 28.9. The van der Waals surface area contributed by atoms with Crippen molar-refractivity contribution in [3.05, 3.63) is 89.8 Å².